The Labute approximate surface area is 139 Å². The molecule has 1 saturated heterocycles. The molecule has 0 bridgehead atoms. The normalized spacial score (nSPS) is 30.9. The summed E-state index contributed by atoms with van der Waals surface area (Å²) < 4.78 is 47.3. The molecule has 7 heteroatoms. The van der Waals surface area contributed by atoms with Crippen LogP contribution >= 0.6 is 0 Å². The van der Waals surface area contributed by atoms with Gasteiger partial charge in [-0.1, -0.05) is 6.07 Å². The number of hydrogen-bond donors (Lipinski definition) is 1. The van der Waals surface area contributed by atoms with E-state index < -0.39 is 6.36 Å². The average Bonchev–Trinajstić information content (AvgIpc) is 2.84. The number of methoxy groups -OCH3 is 1. The molecule has 2 aliphatic rings. The van der Waals surface area contributed by atoms with Crippen LogP contribution in [-0.4, -0.2) is 44.0 Å². The maximum Gasteiger partial charge on any atom is 0.573 e. The molecule has 2 N–H and O–H groups in total. The van der Waals surface area contributed by atoms with Crippen molar-refractivity contribution in [3.8, 4) is 11.5 Å². The van der Waals surface area contributed by atoms with Crippen molar-refractivity contribution in [3.63, 3.8) is 0 Å². The summed E-state index contributed by atoms with van der Waals surface area (Å²) in [5, 5.41) is 0. The fraction of sp³-hybridized carbons (Fsp3) is 0.647. The van der Waals surface area contributed by atoms with E-state index in [4.69, 9.17) is 10.5 Å². The van der Waals surface area contributed by atoms with Crippen molar-refractivity contribution in [1.29, 1.82) is 0 Å². The van der Waals surface area contributed by atoms with Gasteiger partial charge in [0.2, 0.25) is 0 Å². The Morgan fingerprint density at radius 2 is 2.00 bits per heavy atom. The summed E-state index contributed by atoms with van der Waals surface area (Å²) in [5.74, 6) is -0.192. The lowest BCUT2D eigenvalue weighted by Gasteiger charge is -2.44. The monoisotopic (exact) mass is 344 g/mol. The van der Waals surface area contributed by atoms with Gasteiger partial charge in [0.05, 0.1) is 7.11 Å². The fourth-order valence-electron chi connectivity index (χ4n) is 4.34. The van der Waals surface area contributed by atoms with E-state index in [0.717, 1.165) is 37.8 Å². The van der Waals surface area contributed by atoms with Crippen LogP contribution in [0.25, 0.3) is 0 Å². The van der Waals surface area contributed by atoms with E-state index in [9.17, 15) is 13.2 Å². The number of ether oxygens (including phenoxy) is 2. The first kappa shape index (κ1) is 17.4. The van der Waals surface area contributed by atoms with E-state index in [1.807, 2.05) is 6.07 Å². The number of fused-ring (bicyclic) bond motifs is 1. The van der Waals surface area contributed by atoms with E-state index in [1.54, 1.807) is 6.07 Å². The van der Waals surface area contributed by atoms with Crippen LogP contribution in [-0.2, 0) is 5.41 Å². The van der Waals surface area contributed by atoms with Gasteiger partial charge in [0, 0.05) is 17.5 Å². The SMILES string of the molecule is COc1ccc([C@@]23CCC(N)C[C@@H]2N(C)CC3)cc1OC(F)(F)F. The molecule has 1 aromatic carbocycles. The molecule has 1 aliphatic carbocycles. The first-order valence-corrected chi connectivity index (χ1v) is 8.15. The lowest BCUT2D eigenvalue weighted by Crippen LogP contribution is -2.49. The van der Waals surface area contributed by atoms with E-state index >= 15 is 0 Å². The molecule has 1 saturated carbocycles. The molecule has 1 heterocycles. The van der Waals surface area contributed by atoms with Gasteiger partial charge in [-0.15, -0.1) is 13.2 Å². The number of nitrogens with zero attached hydrogens (tertiary/aromatic N) is 1. The largest absolute Gasteiger partial charge is 0.573 e. The summed E-state index contributed by atoms with van der Waals surface area (Å²) in [6, 6.07) is 5.32. The Morgan fingerprint density at radius 1 is 1.25 bits per heavy atom. The lowest BCUT2D eigenvalue weighted by atomic mass is 9.65. The van der Waals surface area contributed by atoms with Crippen molar-refractivity contribution >= 4 is 0 Å². The number of rotatable bonds is 3. The molecule has 2 fully saturated rings. The quantitative estimate of drug-likeness (QED) is 0.916. The second-order valence-electron chi connectivity index (χ2n) is 6.85. The number of likely N-dealkylation sites (tertiary alicyclic amines) is 1. The molecule has 0 aromatic heterocycles. The second kappa shape index (κ2) is 6.11. The summed E-state index contributed by atoms with van der Waals surface area (Å²) in [5.41, 5.74) is 6.84. The number of likely N-dealkylation sites (N-methyl/N-ethyl adjacent to an activating group) is 1. The Balaban J connectivity index is 2.00. The van der Waals surface area contributed by atoms with E-state index in [1.165, 1.54) is 13.2 Å². The smallest absolute Gasteiger partial charge is 0.493 e. The summed E-state index contributed by atoms with van der Waals surface area (Å²) in [6.07, 6.45) is -1.21. The molecule has 3 rings (SSSR count). The van der Waals surface area contributed by atoms with Crippen molar-refractivity contribution in [2.45, 2.75) is 49.5 Å². The second-order valence-corrected chi connectivity index (χ2v) is 6.85. The van der Waals surface area contributed by atoms with Crippen molar-refractivity contribution < 1.29 is 22.6 Å². The van der Waals surface area contributed by atoms with Crippen LogP contribution in [0.1, 0.15) is 31.2 Å². The molecule has 3 atom stereocenters. The number of alkyl halides is 3. The summed E-state index contributed by atoms with van der Waals surface area (Å²) in [6.45, 7) is 0.916. The van der Waals surface area contributed by atoms with Gasteiger partial charge in [0.25, 0.3) is 0 Å². The maximum atomic E-state index is 12.7. The van der Waals surface area contributed by atoms with Crippen LogP contribution in [0.15, 0.2) is 18.2 Å². The molecule has 1 aromatic rings. The third kappa shape index (κ3) is 3.07. The van der Waals surface area contributed by atoms with E-state index in [0.29, 0.717) is 0 Å². The van der Waals surface area contributed by atoms with Gasteiger partial charge < -0.3 is 20.1 Å². The molecule has 0 spiro atoms. The van der Waals surface area contributed by atoms with Crippen LogP contribution in [0.2, 0.25) is 0 Å². The molecule has 1 aliphatic heterocycles. The van der Waals surface area contributed by atoms with Gasteiger partial charge in [-0.3, -0.25) is 0 Å². The Morgan fingerprint density at radius 3 is 2.67 bits per heavy atom. The highest BCUT2D eigenvalue weighted by Gasteiger charge is 2.50. The summed E-state index contributed by atoms with van der Waals surface area (Å²) in [7, 11) is 3.39. The zero-order chi connectivity index (χ0) is 17.5. The minimum absolute atomic E-state index is 0.0860. The maximum absolute atomic E-state index is 12.7. The number of benzene rings is 1. The zero-order valence-corrected chi connectivity index (χ0v) is 13.9. The highest BCUT2D eigenvalue weighted by Crippen LogP contribution is 2.49. The van der Waals surface area contributed by atoms with Gasteiger partial charge in [-0.25, -0.2) is 0 Å². The molecular formula is C17H23F3N2O2. The minimum atomic E-state index is -4.75. The van der Waals surface area contributed by atoms with Crippen molar-refractivity contribution in [1.82, 2.24) is 4.90 Å². The zero-order valence-electron chi connectivity index (χ0n) is 13.9. The standard InChI is InChI=1S/C17H23F3N2O2/c1-22-8-7-16(6-5-12(21)10-15(16)22)11-3-4-13(23-2)14(9-11)24-17(18,19)20/h3-4,9,12,15H,5-8,10,21H2,1-2H3/t12?,15-,16-/m0/s1. The predicted octanol–water partition coefficient (Wildman–Crippen LogP) is 3.05. The van der Waals surface area contributed by atoms with E-state index in [-0.39, 0.29) is 29.0 Å². The van der Waals surface area contributed by atoms with Gasteiger partial charge >= 0.3 is 6.36 Å². The van der Waals surface area contributed by atoms with E-state index in [2.05, 4.69) is 16.7 Å². The van der Waals surface area contributed by atoms with Crippen LogP contribution < -0.4 is 15.2 Å². The van der Waals surface area contributed by atoms with Crippen LogP contribution in [0.3, 0.4) is 0 Å². The van der Waals surface area contributed by atoms with Crippen molar-refractivity contribution in [2.24, 2.45) is 5.73 Å². The van der Waals surface area contributed by atoms with Crippen molar-refractivity contribution in [2.75, 3.05) is 20.7 Å². The molecule has 0 radical (unpaired) electrons. The van der Waals surface area contributed by atoms with Gasteiger partial charge in [-0.05, 0) is 57.0 Å². The number of halogens is 3. The Hall–Kier alpha value is -1.47. The third-order valence-electron chi connectivity index (χ3n) is 5.53. The van der Waals surface area contributed by atoms with Crippen LogP contribution in [0.4, 0.5) is 13.2 Å². The van der Waals surface area contributed by atoms with Gasteiger partial charge in [0.1, 0.15) is 0 Å². The Bertz CT molecular complexity index is 608. The number of hydrogen-bond acceptors (Lipinski definition) is 4. The molecule has 24 heavy (non-hydrogen) atoms. The first-order valence-electron chi connectivity index (χ1n) is 8.15. The molecule has 0 amide bonds. The average molecular weight is 344 g/mol. The molecule has 4 nitrogen and oxygen atoms in total. The van der Waals surface area contributed by atoms with Crippen LogP contribution in [0, 0.1) is 0 Å². The van der Waals surface area contributed by atoms with Crippen molar-refractivity contribution in [3.05, 3.63) is 23.8 Å². The fourth-order valence-corrected chi connectivity index (χ4v) is 4.34. The van der Waals surface area contributed by atoms with Gasteiger partial charge in [-0.2, -0.15) is 0 Å². The Kier molecular flexibility index (Phi) is 4.42. The van der Waals surface area contributed by atoms with Crippen LogP contribution in [0.5, 0.6) is 11.5 Å². The topological polar surface area (TPSA) is 47.7 Å². The van der Waals surface area contributed by atoms with Gasteiger partial charge in [0.15, 0.2) is 11.5 Å². The molecular weight excluding hydrogens is 321 g/mol. The first-order chi connectivity index (χ1) is 11.2. The highest BCUT2D eigenvalue weighted by atomic mass is 19.4. The number of nitrogens with two attached hydrogens (primary N) is 1. The minimum Gasteiger partial charge on any atom is -0.493 e. The molecule has 1 unspecified atom stereocenters. The highest BCUT2D eigenvalue weighted by molar-refractivity contribution is 5.46. The predicted molar refractivity (Wildman–Crippen MR) is 84.2 cm³/mol. The summed E-state index contributed by atoms with van der Waals surface area (Å²) >= 11 is 0. The third-order valence-corrected chi connectivity index (χ3v) is 5.53. The molecule has 134 valence electrons. The lowest BCUT2D eigenvalue weighted by molar-refractivity contribution is -0.275. The summed E-state index contributed by atoms with van der Waals surface area (Å²) in [4.78, 5) is 2.27.